The SMILES string of the molecule is CCC1COCCN1C(=O)C(CN)Cc1ccccc1. The minimum Gasteiger partial charge on any atom is -0.377 e. The highest BCUT2D eigenvalue weighted by Gasteiger charge is 2.30. The Morgan fingerprint density at radius 2 is 2.20 bits per heavy atom. The smallest absolute Gasteiger partial charge is 0.227 e. The summed E-state index contributed by atoms with van der Waals surface area (Å²) in [5, 5.41) is 0. The molecular weight excluding hydrogens is 252 g/mol. The lowest BCUT2D eigenvalue weighted by Crippen LogP contribution is -2.51. The summed E-state index contributed by atoms with van der Waals surface area (Å²) in [7, 11) is 0. The molecule has 1 aliphatic heterocycles. The fourth-order valence-corrected chi connectivity index (χ4v) is 2.69. The second-order valence-corrected chi connectivity index (χ2v) is 5.29. The van der Waals surface area contributed by atoms with Gasteiger partial charge in [-0.15, -0.1) is 0 Å². The number of carbonyl (C=O) groups is 1. The Bertz CT molecular complexity index is 422. The molecule has 2 atom stereocenters. The van der Waals surface area contributed by atoms with Gasteiger partial charge in [-0.1, -0.05) is 37.3 Å². The highest BCUT2D eigenvalue weighted by atomic mass is 16.5. The molecule has 1 aromatic rings. The standard InChI is InChI=1S/C16H24N2O2/c1-2-15-12-20-9-8-18(15)16(19)14(11-17)10-13-6-4-3-5-7-13/h3-7,14-15H,2,8-12,17H2,1H3. The molecule has 1 saturated heterocycles. The van der Waals surface area contributed by atoms with Crippen LogP contribution in [0, 0.1) is 5.92 Å². The molecule has 20 heavy (non-hydrogen) atoms. The monoisotopic (exact) mass is 276 g/mol. The maximum Gasteiger partial charge on any atom is 0.227 e. The average Bonchev–Trinajstić information content (AvgIpc) is 2.53. The molecule has 2 N–H and O–H groups in total. The van der Waals surface area contributed by atoms with Gasteiger partial charge in [0.2, 0.25) is 5.91 Å². The van der Waals surface area contributed by atoms with Crippen LogP contribution in [0.1, 0.15) is 18.9 Å². The summed E-state index contributed by atoms with van der Waals surface area (Å²) in [6.45, 7) is 4.44. The fraction of sp³-hybridized carbons (Fsp3) is 0.562. The summed E-state index contributed by atoms with van der Waals surface area (Å²) in [6, 6.07) is 10.3. The first kappa shape index (κ1) is 15.0. The van der Waals surface area contributed by atoms with Gasteiger partial charge in [0.05, 0.1) is 25.2 Å². The Kier molecular flexibility index (Phi) is 5.56. The van der Waals surface area contributed by atoms with Crippen LogP contribution in [0.5, 0.6) is 0 Å². The Labute approximate surface area is 120 Å². The van der Waals surface area contributed by atoms with E-state index < -0.39 is 0 Å². The molecule has 1 aliphatic rings. The van der Waals surface area contributed by atoms with E-state index in [1.165, 1.54) is 0 Å². The minimum absolute atomic E-state index is 0.135. The molecule has 0 bridgehead atoms. The van der Waals surface area contributed by atoms with Crippen molar-refractivity contribution >= 4 is 5.91 Å². The summed E-state index contributed by atoms with van der Waals surface area (Å²) in [5.74, 6) is 0.0380. The van der Waals surface area contributed by atoms with E-state index in [2.05, 4.69) is 6.92 Å². The maximum atomic E-state index is 12.7. The summed E-state index contributed by atoms with van der Waals surface area (Å²) in [5.41, 5.74) is 7.00. The van der Waals surface area contributed by atoms with Gasteiger partial charge in [0.1, 0.15) is 0 Å². The van der Waals surface area contributed by atoms with E-state index in [0.29, 0.717) is 32.7 Å². The van der Waals surface area contributed by atoms with E-state index in [4.69, 9.17) is 10.5 Å². The largest absolute Gasteiger partial charge is 0.377 e. The van der Waals surface area contributed by atoms with Crippen molar-refractivity contribution in [1.29, 1.82) is 0 Å². The van der Waals surface area contributed by atoms with Gasteiger partial charge in [-0.05, 0) is 18.4 Å². The van der Waals surface area contributed by atoms with Gasteiger partial charge in [-0.2, -0.15) is 0 Å². The molecular formula is C16H24N2O2. The van der Waals surface area contributed by atoms with Crippen molar-refractivity contribution in [3.05, 3.63) is 35.9 Å². The zero-order valence-corrected chi connectivity index (χ0v) is 12.1. The van der Waals surface area contributed by atoms with E-state index >= 15 is 0 Å². The van der Waals surface area contributed by atoms with Crippen molar-refractivity contribution in [2.75, 3.05) is 26.3 Å². The molecule has 4 heteroatoms. The van der Waals surface area contributed by atoms with Crippen LogP contribution >= 0.6 is 0 Å². The molecule has 0 spiro atoms. The van der Waals surface area contributed by atoms with Gasteiger partial charge < -0.3 is 15.4 Å². The first-order valence-electron chi connectivity index (χ1n) is 7.38. The lowest BCUT2D eigenvalue weighted by molar-refractivity contribution is -0.144. The van der Waals surface area contributed by atoms with Crippen molar-refractivity contribution < 1.29 is 9.53 Å². The van der Waals surface area contributed by atoms with Crippen LogP contribution in [0.4, 0.5) is 0 Å². The van der Waals surface area contributed by atoms with Gasteiger partial charge in [-0.25, -0.2) is 0 Å². The normalized spacial score (nSPS) is 20.7. The number of ether oxygens (including phenoxy) is 1. The third-order valence-electron chi connectivity index (χ3n) is 3.94. The topological polar surface area (TPSA) is 55.6 Å². The predicted octanol–water partition coefficient (Wildman–Crippen LogP) is 1.44. The molecule has 2 unspecified atom stereocenters. The van der Waals surface area contributed by atoms with Crippen LogP contribution in [0.15, 0.2) is 30.3 Å². The number of amides is 1. The molecule has 1 heterocycles. The van der Waals surface area contributed by atoms with Crippen molar-refractivity contribution in [1.82, 2.24) is 4.90 Å². The summed E-state index contributed by atoms with van der Waals surface area (Å²) < 4.78 is 5.46. The Hall–Kier alpha value is -1.39. The zero-order valence-electron chi connectivity index (χ0n) is 12.1. The molecule has 0 aromatic heterocycles. The first-order chi connectivity index (χ1) is 9.76. The van der Waals surface area contributed by atoms with Crippen LogP contribution in [0.3, 0.4) is 0 Å². The van der Waals surface area contributed by atoms with E-state index in [1.807, 2.05) is 35.2 Å². The Morgan fingerprint density at radius 1 is 1.45 bits per heavy atom. The van der Waals surface area contributed by atoms with Gasteiger partial charge in [0, 0.05) is 13.1 Å². The molecule has 1 aromatic carbocycles. The maximum absolute atomic E-state index is 12.7. The summed E-state index contributed by atoms with van der Waals surface area (Å²) >= 11 is 0. The number of carbonyl (C=O) groups excluding carboxylic acids is 1. The van der Waals surface area contributed by atoms with Crippen molar-refractivity contribution in [2.24, 2.45) is 11.7 Å². The van der Waals surface area contributed by atoms with Gasteiger partial charge >= 0.3 is 0 Å². The summed E-state index contributed by atoms with van der Waals surface area (Å²) in [6.07, 6.45) is 1.64. The highest BCUT2D eigenvalue weighted by Crippen LogP contribution is 2.17. The van der Waals surface area contributed by atoms with Crippen LogP contribution in [0.2, 0.25) is 0 Å². The number of rotatable bonds is 5. The number of morpholine rings is 1. The number of benzene rings is 1. The van der Waals surface area contributed by atoms with Gasteiger partial charge in [0.15, 0.2) is 0 Å². The molecule has 4 nitrogen and oxygen atoms in total. The highest BCUT2D eigenvalue weighted by molar-refractivity contribution is 5.79. The molecule has 110 valence electrons. The lowest BCUT2D eigenvalue weighted by Gasteiger charge is -2.37. The van der Waals surface area contributed by atoms with Gasteiger partial charge in [-0.3, -0.25) is 4.79 Å². The Balaban J connectivity index is 2.04. The number of nitrogens with two attached hydrogens (primary N) is 1. The second kappa shape index (κ2) is 7.41. The van der Waals surface area contributed by atoms with E-state index in [9.17, 15) is 4.79 Å². The number of hydrogen-bond donors (Lipinski definition) is 1. The van der Waals surface area contributed by atoms with Crippen molar-refractivity contribution in [3.63, 3.8) is 0 Å². The first-order valence-corrected chi connectivity index (χ1v) is 7.38. The quantitative estimate of drug-likeness (QED) is 0.885. The van der Waals surface area contributed by atoms with Crippen LogP contribution in [-0.4, -0.2) is 43.2 Å². The van der Waals surface area contributed by atoms with Crippen LogP contribution in [0.25, 0.3) is 0 Å². The minimum atomic E-state index is -0.135. The van der Waals surface area contributed by atoms with Crippen molar-refractivity contribution in [2.45, 2.75) is 25.8 Å². The third-order valence-corrected chi connectivity index (χ3v) is 3.94. The average molecular weight is 276 g/mol. The summed E-state index contributed by atoms with van der Waals surface area (Å²) in [4.78, 5) is 14.7. The van der Waals surface area contributed by atoms with E-state index in [1.54, 1.807) is 0 Å². The van der Waals surface area contributed by atoms with Crippen LogP contribution in [-0.2, 0) is 16.0 Å². The molecule has 0 saturated carbocycles. The van der Waals surface area contributed by atoms with Crippen LogP contribution < -0.4 is 5.73 Å². The fourth-order valence-electron chi connectivity index (χ4n) is 2.69. The number of nitrogens with zero attached hydrogens (tertiary/aromatic N) is 1. The lowest BCUT2D eigenvalue weighted by atomic mass is 9.97. The number of hydrogen-bond acceptors (Lipinski definition) is 3. The molecule has 2 rings (SSSR count). The predicted molar refractivity (Wildman–Crippen MR) is 79.3 cm³/mol. The Morgan fingerprint density at radius 3 is 2.85 bits per heavy atom. The van der Waals surface area contributed by atoms with E-state index in [-0.39, 0.29) is 17.9 Å². The molecule has 0 aliphatic carbocycles. The van der Waals surface area contributed by atoms with E-state index in [0.717, 1.165) is 12.0 Å². The molecule has 0 radical (unpaired) electrons. The zero-order chi connectivity index (χ0) is 14.4. The van der Waals surface area contributed by atoms with Crippen molar-refractivity contribution in [3.8, 4) is 0 Å². The van der Waals surface area contributed by atoms with Gasteiger partial charge in [0.25, 0.3) is 0 Å². The molecule has 1 fully saturated rings. The third kappa shape index (κ3) is 3.58. The second-order valence-electron chi connectivity index (χ2n) is 5.29. The molecule has 1 amide bonds.